The Balaban J connectivity index is 1.89. The van der Waals surface area contributed by atoms with Gasteiger partial charge >= 0.3 is 0 Å². The molecule has 1 aliphatic carbocycles. The summed E-state index contributed by atoms with van der Waals surface area (Å²) >= 11 is 5.66. The van der Waals surface area contributed by atoms with Crippen molar-refractivity contribution in [3.05, 3.63) is 11.6 Å². The van der Waals surface area contributed by atoms with Gasteiger partial charge in [-0.15, -0.1) is 0 Å². The van der Waals surface area contributed by atoms with Crippen LogP contribution in [-0.2, 0) is 0 Å². The first-order valence-corrected chi connectivity index (χ1v) is 7.37. The van der Waals surface area contributed by atoms with Crippen LogP contribution in [0.3, 0.4) is 0 Å². The third-order valence-corrected chi connectivity index (χ3v) is 4.07. The zero-order valence-corrected chi connectivity index (χ0v) is 11.8. The first kappa shape index (κ1) is 13.4. The highest BCUT2D eigenvalue weighted by molar-refractivity contribution is 6.25. The van der Waals surface area contributed by atoms with Crippen LogP contribution in [0.15, 0.2) is 11.6 Å². The van der Waals surface area contributed by atoms with Crippen LogP contribution in [0, 0.1) is 11.8 Å². The number of hydrogen-bond donors (Lipinski definition) is 1. The summed E-state index contributed by atoms with van der Waals surface area (Å²) in [5, 5.41) is 3.73. The van der Waals surface area contributed by atoms with E-state index in [2.05, 4.69) is 30.1 Å². The minimum Gasteiger partial charge on any atom is -0.311 e. The predicted octanol–water partition coefficient (Wildman–Crippen LogP) is 2.84. The topological polar surface area (TPSA) is 15.3 Å². The van der Waals surface area contributed by atoms with Crippen molar-refractivity contribution < 1.29 is 0 Å². The minimum atomic E-state index is 0.661. The maximum Gasteiger partial charge on any atom is 0.0252 e. The summed E-state index contributed by atoms with van der Waals surface area (Å²) in [7, 11) is 0. The van der Waals surface area contributed by atoms with Crippen molar-refractivity contribution in [1.29, 1.82) is 0 Å². The lowest BCUT2D eigenvalue weighted by Gasteiger charge is -2.40. The zero-order chi connectivity index (χ0) is 12.3. The van der Waals surface area contributed by atoms with E-state index in [1.807, 2.05) is 0 Å². The molecule has 1 saturated carbocycles. The smallest absolute Gasteiger partial charge is 0.0252 e. The van der Waals surface area contributed by atoms with Crippen LogP contribution < -0.4 is 5.32 Å². The van der Waals surface area contributed by atoms with Gasteiger partial charge in [-0.05, 0) is 31.1 Å². The van der Waals surface area contributed by atoms with E-state index in [0.717, 1.165) is 31.0 Å². The lowest BCUT2D eigenvalue weighted by molar-refractivity contribution is 0.121. The average molecular weight is 257 g/mol. The van der Waals surface area contributed by atoms with Crippen LogP contribution >= 0.6 is 11.6 Å². The van der Waals surface area contributed by atoms with Crippen molar-refractivity contribution in [2.75, 3.05) is 19.6 Å². The fraction of sp³-hybridized carbons (Fsp3) is 0.857. The second-order valence-electron chi connectivity index (χ2n) is 5.96. The van der Waals surface area contributed by atoms with E-state index in [1.165, 1.54) is 25.8 Å². The zero-order valence-electron chi connectivity index (χ0n) is 11.0. The molecule has 2 atom stereocenters. The quantitative estimate of drug-likeness (QED) is 0.814. The fourth-order valence-corrected chi connectivity index (χ4v) is 3.04. The molecule has 0 aromatic carbocycles. The van der Waals surface area contributed by atoms with Gasteiger partial charge in [0, 0.05) is 37.3 Å². The molecule has 1 saturated heterocycles. The third kappa shape index (κ3) is 3.97. The number of halogens is 1. The van der Waals surface area contributed by atoms with Crippen LogP contribution in [0.1, 0.15) is 33.1 Å². The highest BCUT2D eigenvalue weighted by Crippen LogP contribution is 2.36. The molecule has 2 unspecified atom stereocenters. The van der Waals surface area contributed by atoms with Gasteiger partial charge < -0.3 is 5.32 Å². The van der Waals surface area contributed by atoms with E-state index in [1.54, 1.807) is 5.54 Å². The molecular weight excluding hydrogens is 232 g/mol. The molecule has 2 aliphatic rings. The van der Waals surface area contributed by atoms with Gasteiger partial charge in [-0.2, -0.15) is 0 Å². The number of rotatable bonds is 5. The van der Waals surface area contributed by atoms with E-state index in [9.17, 15) is 0 Å². The maximum absolute atomic E-state index is 5.66. The molecule has 98 valence electrons. The Bertz CT molecular complexity index is 261. The van der Waals surface area contributed by atoms with Gasteiger partial charge in [0.2, 0.25) is 0 Å². The molecule has 2 rings (SSSR count). The molecule has 17 heavy (non-hydrogen) atoms. The fourth-order valence-electron chi connectivity index (χ4n) is 2.96. The Morgan fingerprint density at radius 3 is 2.76 bits per heavy atom. The van der Waals surface area contributed by atoms with E-state index in [-0.39, 0.29) is 0 Å². The molecular formula is C14H25ClN2. The van der Waals surface area contributed by atoms with Gasteiger partial charge in [0.05, 0.1) is 0 Å². The molecule has 2 nitrogen and oxygen atoms in total. The first-order valence-electron chi connectivity index (χ1n) is 6.93. The van der Waals surface area contributed by atoms with Gasteiger partial charge in [0.1, 0.15) is 0 Å². The van der Waals surface area contributed by atoms with Crippen LogP contribution in [0.4, 0.5) is 0 Å². The monoisotopic (exact) mass is 256 g/mol. The van der Waals surface area contributed by atoms with Crippen molar-refractivity contribution in [3.63, 3.8) is 0 Å². The van der Waals surface area contributed by atoms with Crippen LogP contribution in [0.5, 0.6) is 0 Å². The molecule has 0 bridgehead atoms. The van der Waals surface area contributed by atoms with Gasteiger partial charge in [0.25, 0.3) is 0 Å². The van der Waals surface area contributed by atoms with Crippen LogP contribution in [0.25, 0.3) is 0 Å². The Hall–Kier alpha value is -0.0500. The summed E-state index contributed by atoms with van der Waals surface area (Å²) in [4.78, 5) is 2.63. The molecule has 3 heteroatoms. The van der Waals surface area contributed by atoms with Crippen LogP contribution in [0.2, 0.25) is 0 Å². The molecule has 0 spiro atoms. The van der Waals surface area contributed by atoms with Gasteiger partial charge in [-0.3, -0.25) is 4.90 Å². The van der Waals surface area contributed by atoms with E-state index in [0.29, 0.717) is 6.04 Å². The maximum atomic E-state index is 5.66. The number of nitrogens with zero attached hydrogens (tertiary/aromatic N) is 1. The van der Waals surface area contributed by atoms with Gasteiger partial charge in [-0.25, -0.2) is 0 Å². The largest absolute Gasteiger partial charge is 0.311 e. The molecule has 1 heterocycles. The lowest BCUT2D eigenvalue weighted by Crippen LogP contribution is -2.57. The van der Waals surface area contributed by atoms with Crippen molar-refractivity contribution in [2.24, 2.45) is 11.8 Å². The van der Waals surface area contributed by atoms with Gasteiger partial charge in [-0.1, -0.05) is 31.5 Å². The molecule has 0 aromatic heterocycles. The molecule has 2 fully saturated rings. The Morgan fingerprint density at radius 2 is 2.18 bits per heavy atom. The molecule has 0 radical (unpaired) electrons. The molecule has 1 N–H and O–H groups in total. The van der Waals surface area contributed by atoms with Crippen molar-refractivity contribution in [2.45, 2.75) is 45.2 Å². The number of hydrogen-bond acceptors (Lipinski definition) is 2. The summed E-state index contributed by atoms with van der Waals surface area (Å²) in [6, 6.07) is 1.40. The number of piperazine rings is 1. The van der Waals surface area contributed by atoms with Gasteiger partial charge in [0.15, 0.2) is 0 Å². The summed E-state index contributed by atoms with van der Waals surface area (Å²) in [5.74, 6) is 1.71. The number of nitrogens with one attached hydrogen (secondary N) is 1. The molecule has 1 aliphatic heterocycles. The van der Waals surface area contributed by atoms with E-state index in [4.69, 9.17) is 11.6 Å². The van der Waals surface area contributed by atoms with Crippen molar-refractivity contribution in [1.82, 2.24) is 10.2 Å². The summed E-state index contributed by atoms with van der Waals surface area (Å²) in [6.07, 6.45) is 6.19. The van der Waals surface area contributed by atoms with Crippen molar-refractivity contribution >= 4 is 11.6 Å². The second kappa shape index (κ2) is 6.21. The van der Waals surface area contributed by atoms with E-state index >= 15 is 0 Å². The first-order chi connectivity index (χ1) is 8.20. The Morgan fingerprint density at radius 1 is 1.41 bits per heavy atom. The predicted molar refractivity (Wildman–Crippen MR) is 74.3 cm³/mol. The molecule has 0 aromatic rings. The average Bonchev–Trinajstić information content (AvgIpc) is 3.09. The summed E-state index contributed by atoms with van der Waals surface area (Å²) in [5.41, 5.74) is 1.66. The highest BCUT2D eigenvalue weighted by atomic mass is 35.5. The highest BCUT2D eigenvalue weighted by Gasteiger charge is 2.38. The third-order valence-electron chi connectivity index (χ3n) is 3.89. The van der Waals surface area contributed by atoms with Crippen molar-refractivity contribution in [3.8, 4) is 0 Å². The molecule has 0 amide bonds. The SMILES string of the molecule is CC(C)CC1CN(C/C=C/Cl)C(C2CC2)CN1. The lowest BCUT2D eigenvalue weighted by atomic mass is 9.98. The minimum absolute atomic E-state index is 0.661. The normalized spacial score (nSPS) is 31.5. The van der Waals surface area contributed by atoms with E-state index < -0.39 is 0 Å². The standard InChI is InChI=1S/C14H25ClN2/c1-11(2)8-13-10-17(7-3-6-15)14(9-16-13)12-4-5-12/h3,6,11-14,16H,4-5,7-10H2,1-2H3/b6-3+. The second-order valence-corrected chi connectivity index (χ2v) is 6.21. The summed E-state index contributed by atoms with van der Waals surface area (Å²) in [6.45, 7) is 7.97. The Labute approximate surface area is 110 Å². The Kier molecular flexibility index (Phi) is 4.89. The van der Waals surface area contributed by atoms with Crippen LogP contribution in [-0.4, -0.2) is 36.6 Å². The summed E-state index contributed by atoms with van der Waals surface area (Å²) < 4.78 is 0.